The lowest BCUT2D eigenvalue weighted by molar-refractivity contribution is 0.0781. The van der Waals surface area contributed by atoms with Crippen molar-refractivity contribution in [2.45, 2.75) is 6.92 Å². The predicted molar refractivity (Wildman–Crippen MR) is 68.6 cm³/mol. The van der Waals surface area contributed by atoms with Crippen molar-refractivity contribution in [3.05, 3.63) is 29.3 Å². The largest absolute Gasteiger partial charge is 0.508 e. The number of hydrogen-bond acceptors (Lipinski definition) is 3. The number of carbonyl (C=O) groups excluding carboxylic acids is 1. The number of amides is 1. The van der Waals surface area contributed by atoms with Crippen molar-refractivity contribution < 1.29 is 9.90 Å². The molecule has 2 saturated heterocycles. The lowest BCUT2D eigenvalue weighted by atomic mass is 10.0. The van der Waals surface area contributed by atoms with Gasteiger partial charge < -0.3 is 15.3 Å². The maximum atomic E-state index is 12.4. The molecule has 4 nitrogen and oxygen atoms in total. The second-order valence-corrected chi connectivity index (χ2v) is 5.39. The Labute approximate surface area is 107 Å². The van der Waals surface area contributed by atoms with E-state index in [1.807, 2.05) is 11.8 Å². The Morgan fingerprint density at radius 3 is 2.61 bits per heavy atom. The number of fused-ring (bicyclic) bond motifs is 1. The summed E-state index contributed by atoms with van der Waals surface area (Å²) in [5, 5.41) is 12.8. The highest BCUT2D eigenvalue weighted by molar-refractivity contribution is 5.96. The number of hydrogen-bond donors (Lipinski definition) is 2. The van der Waals surface area contributed by atoms with Gasteiger partial charge in [0.15, 0.2) is 0 Å². The van der Waals surface area contributed by atoms with Gasteiger partial charge in [0.25, 0.3) is 5.91 Å². The molecule has 0 spiro atoms. The molecule has 0 aliphatic carbocycles. The summed E-state index contributed by atoms with van der Waals surface area (Å²) in [6.07, 6.45) is 0. The summed E-state index contributed by atoms with van der Waals surface area (Å²) in [6.45, 7) is 5.64. The summed E-state index contributed by atoms with van der Waals surface area (Å²) >= 11 is 0. The molecule has 2 aliphatic heterocycles. The second-order valence-electron chi connectivity index (χ2n) is 5.39. The van der Waals surface area contributed by atoms with E-state index >= 15 is 0 Å². The molecule has 0 bridgehead atoms. The molecule has 4 heteroatoms. The van der Waals surface area contributed by atoms with E-state index in [0.717, 1.165) is 31.7 Å². The van der Waals surface area contributed by atoms with Gasteiger partial charge in [0.05, 0.1) is 0 Å². The van der Waals surface area contributed by atoms with Crippen LogP contribution in [0.5, 0.6) is 5.75 Å². The Morgan fingerprint density at radius 1 is 1.33 bits per heavy atom. The summed E-state index contributed by atoms with van der Waals surface area (Å²) < 4.78 is 0. The van der Waals surface area contributed by atoms with Gasteiger partial charge in [0, 0.05) is 31.7 Å². The van der Waals surface area contributed by atoms with E-state index in [1.165, 1.54) is 0 Å². The number of aromatic hydroxyl groups is 1. The van der Waals surface area contributed by atoms with E-state index in [4.69, 9.17) is 0 Å². The zero-order valence-corrected chi connectivity index (χ0v) is 10.5. The molecule has 2 unspecified atom stereocenters. The van der Waals surface area contributed by atoms with Gasteiger partial charge in [-0.25, -0.2) is 0 Å². The van der Waals surface area contributed by atoms with Crippen molar-refractivity contribution >= 4 is 5.91 Å². The first kappa shape index (κ1) is 11.5. The fourth-order valence-corrected chi connectivity index (χ4v) is 3.08. The van der Waals surface area contributed by atoms with Crippen LogP contribution < -0.4 is 5.32 Å². The highest BCUT2D eigenvalue weighted by Crippen LogP contribution is 2.28. The molecule has 2 fully saturated rings. The van der Waals surface area contributed by atoms with Crippen LogP contribution in [-0.2, 0) is 0 Å². The zero-order valence-electron chi connectivity index (χ0n) is 10.5. The van der Waals surface area contributed by atoms with E-state index in [-0.39, 0.29) is 11.7 Å². The molecule has 2 N–H and O–H groups in total. The second kappa shape index (κ2) is 4.28. The third-order valence-corrected chi connectivity index (χ3v) is 4.12. The van der Waals surface area contributed by atoms with Crippen LogP contribution in [-0.4, -0.2) is 42.1 Å². The topological polar surface area (TPSA) is 52.6 Å². The monoisotopic (exact) mass is 246 g/mol. The molecule has 18 heavy (non-hydrogen) atoms. The molecule has 3 rings (SSSR count). The minimum atomic E-state index is 0.0990. The van der Waals surface area contributed by atoms with E-state index in [1.54, 1.807) is 18.2 Å². The third-order valence-electron chi connectivity index (χ3n) is 4.12. The van der Waals surface area contributed by atoms with Crippen LogP contribution in [0.4, 0.5) is 0 Å². The summed E-state index contributed by atoms with van der Waals surface area (Å²) in [5.41, 5.74) is 1.55. The zero-order chi connectivity index (χ0) is 12.7. The van der Waals surface area contributed by atoms with Crippen LogP contribution in [0, 0.1) is 18.8 Å². The molecule has 0 saturated carbocycles. The van der Waals surface area contributed by atoms with Gasteiger partial charge in [-0.1, -0.05) is 0 Å². The average Bonchev–Trinajstić information content (AvgIpc) is 2.87. The normalized spacial score (nSPS) is 26.4. The molecule has 96 valence electrons. The van der Waals surface area contributed by atoms with Crippen molar-refractivity contribution in [3.63, 3.8) is 0 Å². The third kappa shape index (κ3) is 1.86. The molecule has 2 atom stereocenters. The number of benzene rings is 1. The van der Waals surface area contributed by atoms with E-state index in [2.05, 4.69) is 5.32 Å². The lowest BCUT2D eigenvalue weighted by Crippen LogP contribution is -2.32. The number of nitrogens with zero attached hydrogens (tertiary/aromatic N) is 1. The number of phenols is 1. The number of aryl methyl sites for hydroxylation is 1. The first-order chi connectivity index (χ1) is 8.65. The minimum Gasteiger partial charge on any atom is -0.508 e. The first-order valence-electron chi connectivity index (χ1n) is 6.45. The number of nitrogens with one attached hydrogen (secondary N) is 1. The minimum absolute atomic E-state index is 0.0990. The number of carbonyl (C=O) groups is 1. The fraction of sp³-hybridized carbons (Fsp3) is 0.500. The Balaban J connectivity index is 1.79. The van der Waals surface area contributed by atoms with Gasteiger partial charge >= 0.3 is 0 Å². The van der Waals surface area contributed by atoms with Gasteiger partial charge in [0.1, 0.15) is 5.75 Å². The molecule has 1 amide bonds. The number of likely N-dealkylation sites (tertiary alicyclic amines) is 1. The van der Waals surface area contributed by atoms with Crippen molar-refractivity contribution in [1.29, 1.82) is 0 Å². The Hall–Kier alpha value is -1.55. The van der Waals surface area contributed by atoms with Crippen molar-refractivity contribution in [1.82, 2.24) is 10.2 Å². The molecule has 2 heterocycles. The molecular formula is C14H18N2O2. The number of phenolic OH excluding ortho intramolecular Hbond substituents is 1. The smallest absolute Gasteiger partial charge is 0.254 e. The van der Waals surface area contributed by atoms with Crippen LogP contribution in [0.25, 0.3) is 0 Å². The quantitative estimate of drug-likeness (QED) is 0.777. The summed E-state index contributed by atoms with van der Waals surface area (Å²) in [5.74, 6) is 1.55. The highest BCUT2D eigenvalue weighted by Gasteiger charge is 2.38. The molecule has 1 aromatic carbocycles. The van der Waals surface area contributed by atoms with E-state index in [9.17, 15) is 9.90 Å². The van der Waals surface area contributed by atoms with Gasteiger partial charge in [-0.3, -0.25) is 4.79 Å². The molecule has 1 aromatic rings. The SMILES string of the molecule is Cc1cc(O)ccc1C(=O)N1CC2CNCC2C1. The molecular weight excluding hydrogens is 228 g/mol. The van der Waals surface area contributed by atoms with E-state index in [0.29, 0.717) is 17.4 Å². The maximum absolute atomic E-state index is 12.4. The van der Waals surface area contributed by atoms with E-state index < -0.39 is 0 Å². The Kier molecular flexibility index (Phi) is 2.74. The van der Waals surface area contributed by atoms with Gasteiger partial charge in [-0.05, 0) is 42.5 Å². The van der Waals surface area contributed by atoms with Gasteiger partial charge in [0.2, 0.25) is 0 Å². The highest BCUT2D eigenvalue weighted by atomic mass is 16.3. The van der Waals surface area contributed by atoms with Crippen LogP contribution in [0.1, 0.15) is 15.9 Å². The molecule has 0 radical (unpaired) electrons. The Morgan fingerprint density at radius 2 is 2.00 bits per heavy atom. The summed E-state index contributed by atoms with van der Waals surface area (Å²) in [6, 6.07) is 4.95. The predicted octanol–water partition coefficient (Wildman–Crippen LogP) is 0.992. The maximum Gasteiger partial charge on any atom is 0.254 e. The van der Waals surface area contributed by atoms with Crippen LogP contribution in [0.15, 0.2) is 18.2 Å². The standard InChI is InChI=1S/C14H18N2O2/c1-9-4-12(17)2-3-13(9)14(18)16-7-10-5-15-6-11(10)8-16/h2-4,10-11,15,17H,5-8H2,1H3. The van der Waals surface area contributed by atoms with Crippen molar-refractivity contribution in [2.24, 2.45) is 11.8 Å². The lowest BCUT2D eigenvalue weighted by Gasteiger charge is -2.18. The van der Waals surface area contributed by atoms with Crippen LogP contribution in [0.3, 0.4) is 0 Å². The van der Waals surface area contributed by atoms with Crippen LogP contribution in [0.2, 0.25) is 0 Å². The van der Waals surface area contributed by atoms with Gasteiger partial charge in [-0.15, -0.1) is 0 Å². The summed E-state index contributed by atoms with van der Waals surface area (Å²) in [4.78, 5) is 14.4. The Bertz CT molecular complexity index is 475. The van der Waals surface area contributed by atoms with Gasteiger partial charge in [-0.2, -0.15) is 0 Å². The van der Waals surface area contributed by atoms with Crippen molar-refractivity contribution in [2.75, 3.05) is 26.2 Å². The fourth-order valence-electron chi connectivity index (χ4n) is 3.08. The molecule has 0 aromatic heterocycles. The first-order valence-corrected chi connectivity index (χ1v) is 6.45. The molecule has 2 aliphatic rings. The summed E-state index contributed by atoms with van der Waals surface area (Å²) in [7, 11) is 0. The van der Waals surface area contributed by atoms with Crippen molar-refractivity contribution in [3.8, 4) is 5.75 Å². The van der Waals surface area contributed by atoms with Crippen LogP contribution >= 0.6 is 0 Å². The number of rotatable bonds is 1. The average molecular weight is 246 g/mol.